The van der Waals surface area contributed by atoms with Gasteiger partial charge >= 0.3 is 0 Å². The highest BCUT2D eigenvalue weighted by atomic mass is 16.5. The van der Waals surface area contributed by atoms with Crippen molar-refractivity contribution in [2.24, 2.45) is 11.3 Å². The van der Waals surface area contributed by atoms with E-state index in [0.717, 1.165) is 39.1 Å². The molecular weight excluding hydrogens is 250 g/mol. The Balaban J connectivity index is 2.00. The predicted octanol–water partition coefficient (Wildman–Crippen LogP) is 2.98. The second kappa shape index (κ2) is 7.09. The molecule has 1 atom stereocenters. The van der Waals surface area contributed by atoms with Gasteiger partial charge in [-0.15, -0.1) is 0 Å². The first-order chi connectivity index (χ1) is 9.60. The summed E-state index contributed by atoms with van der Waals surface area (Å²) in [5.41, 5.74) is 1.48. The highest BCUT2D eigenvalue weighted by Gasteiger charge is 2.32. The molecule has 1 fully saturated rings. The van der Waals surface area contributed by atoms with E-state index in [2.05, 4.69) is 19.2 Å². The Kier molecular flexibility index (Phi) is 5.44. The normalized spacial score (nSPS) is 23.1. The SMILES string of the molecule is CC(C)CNCC1(Cc2ccc(O)cc2)CCCOC1. The van der Waals surface area contributed by atoms with Gasteiger partial charge in [0, 0.05) is 18.6 Å². The van der Waals surface area contributed by atoms with Gasteiger partial charge in [-0.05, 0) is 49.4 Å². The van der Waals surface area contributed by atoms with E-state index in [1.54, 1.807) is 12.1 Å². The van der Waals surface area contributed by atoms with Gasteiger partial charge in [-0.25, -0.2) is 0 Å². The molecule has 3 nitrogen and oxygen atoms in total. The number of rotatable bonds is 6. The average Bonchev–Trinajstić information content (AvgIpc) is 2.42. The number of hydrogen-bond donors (Lipinski definition) is 2. The Labute approximate surface area is 122 Å². The Morgan fingerprint density at radius 2 is 2.05 bits per heavy atom. The van der Waals surface area contributed by atoms with Gasteiger partial charge in [-0.3, -0.25) is 0 Å². The molecule has 112 valence electrons. The summed E-state index contributed by atoms with van der Waals surface area (Å²) in [5.74, 6) is 1.01. The molecule has 0 spiro atoms. The summed E-state index contributed by atoms with van der Waals surface area (Å²) in [4.78, 5) is 0. The van der Waals surface area contributed by atoms with Crippen LogP contribution in [0.1, 0.15) is 32.3 Å². The summed E-state index contributed by atoms with van der Waals surface area (Å²) in [6, 6.07) is 7.59. The van der Waals surface area contributed by atoms with Crippen molar-refractivity contribution in [1.29, 1.82) is 0 Å². The second-order valence-electron chi connectivity index (χ2n) is 6.52. The lowest BCUT2D eigenvalue weighted by Crippen LogP contribution is -2.43. The predicted molar refractivity (Wildman–Crippen MR) is 82.0 cm³/mol. The quantitative estimate of drug-likeness (QED) is 0.840. The van der Waals surface area contributed by atoms with Crippen molar-refractivity contribution in [3.05, 3.63) is 29.8 Å². The second-order valence-corrected chi connectivity index (χ2v) is 6.52. The third-order valence-electron chi connectivity index (χ3n) is 3.97. The molecule has 2 N–H and O–H groups in total. The smallest absolute Gasteiger partial charge is 0.115 e. The summed E-state index contributed by atoms with van der Waals surface area (Å²) in [6.45, 7) is 8.25. The molecule has 1 heterocycles. The van der Waals surface area contributed by atoms with Crippen LogP contribution in [0.15, 0.2) is 24.3 Å². The van der Waals surface area contributed by atoms with Gasteiger partial charge in [-0.1, -0.05) is 26.0 Å². The Bertz CT molecular complexity index is 394. The van der Waals surface area contributed by atoms with Crippen molar-refractivity contribution in [3.63, 3.8) is 0 Å². The minimum atomic E-state index is 0.199. The van der Waals surface area contributed by atoms with Crippen molar-refractivity contribution < 1.29 is 9.84 Å². The van der Waals surface area contributed by atoms with Crippen LogP contribution in [0, 0.1) is 11.3 Å². The standard InChI is InChI=1S/C17H27NO2/c1-14(2)11-18-12-17(8-3-9-20-13-17)10-15-4-6-16(19)7-5-15/h4-7,14,18-19H,3,8-13H2,1-2H3. The third kappa shape index (κ3) is 4.50. The lowest BCUT2D eigenvalue weighted by Gasteiger charge is -2.37. The summed E-state index contributed by atoms with van der Waals surface area (Å²) in [6.07, 6.45) is 3.36. The maximum atomic E-state index is 9.39. The highest BCUT2D eigenvalue weighted by Crippen LogP contribution is 2.32. The van der Waals surface area contributed by atoms with Crippen molar-refractivity contribution >= 4 is 0 Å². The maximum Gasteiger partial charge on any atom is 0.115 e. The van der Waals surface area contributed by atoms with E-state index in [-0.39, 0.29) is 5.41 Å². The molecule has 0 amide bonds. The van der Waals surface area contributed by atoms with Gasteiger partial charge in [0.1, 0.15) is 5.75 Å². The topological polar surface area (TPSA) is 41.5 Å². The lowest BCUT2D eigenvalue weighted by molar-refractivity contribution is -0.00739. The number of phenolic OH excluding ortho intramolecular Hbond substituents is 1. The molecule has 0 radical (unpaired) electrons. The number of hydrogen-bond acceptors (Lipinski definition) is 3. The van der Waals surface area contributed by atoms with Crippen molar-refractivity contribution in [1.82, 2.24) is 5.32 Å². The summed E-state index contributed by atoms with van der Waals surface area (Å²) >= 11 is 0. The molecule has 0 saturated carbocycles. The van der Waals surface area contributed by atoms with Crippen LogP contribution >= 0.6 is 0 Å². The van der Waals surface area contributed by atoms with E-state index in [4.69, 9.17) is 4.74 Å². The molecule has 1 saturated heterocycles. The maximum absolute atomic E-state index is 9.39. The van der Waals surface area contributed by atoms with Gasteiger partial charge in [0.2, 0.25) is 0 Å². The van der Waals surface area contributed by atoms with Crippen LogP contribution in [-0.2, 0) is 11.2 Å². The van der Waals surface area contributed by atoms with Gasteiger partial charge in [-0.2, -0.15) is 0 Å². The lowest BCUT2D eigenvalue weighted by atomic mass is 9.77. The van der Waals surface area contributed by atoms with Gasteiger partial charge in [0.15, 0.2) is 0 Å². The minimum Gasteiger partial charge on any atom is -0.508 e. The third-order valence-corrected chi connectivity index (χ3v) is 3.97. The zero-order valence-electron chi connectivity index (χ0n) is 12.7. The zero-order valence-corrected chi connectivity index (χ0v) is 12.7. The first-order valence-corrected chi connectivity index (χ1v) is 7.66. The fourth-order valence-electron chi connectivity index (χ4n) is 2.92. The molecule has 3 heteroatoms. The number of nitrogens with one attached hydrogen (secondary N) is 1. The molecule has 1 unspecified atom stereocenters. The number of phenols is 1. The minimum absolute atomic E-state index is 0.199. The summed E-state index contributed by atoms with van der Waals surface area (Å²) in [5, 5.41) is 13.0. The fourth-order valence-corrected chi connectivity index (χ4v) is 2.92. The molecule has 0 aliphatic carbocycles. The summed E-state index contributed by atoms with van der Waals surface area (Å²) in [7, 11) is 0. The first-order valence-electron chi connectivity index (χ1n) is 7.66. The summed E-state index contributed by atoms with van der Waals surface area (Å²) < 4.78 is 5.75. The fraction of sp³-hybridized carbons (Fsp3) is 0.647. The molecule has 0 aromatic heterocycles. The Morgan fingerprint density at radius 3 is 2.65 bits per heavy atom. The van der Waals surface area contributed by atoms with E-state index >= 15 is 0 Å². The monoisotopic (exact) mass is 277 g/mol. The van der Waals surface area contributed by atoms with E-state index in [9.17, 15) is 5.11 Å². The van der Waals surface area contributed by atoms with Crippen LogP contribution in [0.4, 0.5) is 0 Å². The average molecular weight is 277 g/mol. The van der Waals surface area contributed by atoms with Gasteiger partial charge in [0.05, 0.1) is 6.61 Å². The van der Waals surface area contributed by atoms with Crippen LogP contribution in [0.5, 0.6) is 5.75 Å². The van der Waals surface area contributed by atoms with Crippen molar-refractivity contribution in [2.75, 3.05) is 26.3 Å². The van der Waals surface area contributed by atoms with Crippen LogP contribution in [0.2, 0.25) is 0 Å². The Hall–Kier alpha value is -1.06. The molecule has 1 aliphatic rings. The first kappa shape index (κ1) is 15.3. The Morgan fingerprint density at radius 1 is 1.30 bits per heavy atom. The van der Waals surface area contributed by atoms with Crippen molar-refractivity contribution in [2.45, 2.75) is 33.1 Å². The molecule has 1 aromatic rings. The van der Waals surface area contributed by atoms with E-state index in [1.165, 1.54) is 12.0 Å². The number of benzene rings is 1. The molecule has 20 heavy (non-hydrogen) atoms. The molecular formula is C17H27NO2. The van der Waals surface area contributed by atoms with Crippen LogP contribution in [0.25, 0.3) is 0 Å². The van der Waals surface area contributed by atoms with Crippen LogP contribution in [0.3, 0.4) is 0 Å². The van der Waals surface area contributed by atoms with E-state index in [1.807, 2.05) is 12.1 Å². The van der Waals surface area contributed by atoms with Crippen LogP contribution < -0.4 is 5.32 Å². The van der Waals surface area contributed by atoms with Crippen molar-refractivity contribution in [3.8, 4) is 5.75 Å². The van der Waals surface area contributed by atoms with E-state index < -0.39 is 0 Å². The number of aromatic hydroxyl groups is 1. The largest absolute Gasteiger partial charge is 0.508 e. The molecule has 1 aromatic carbocycles. The van der Waals surface area contributed by atoms with Gasteiger partial charge in [0.25, 0.3) is 0 Å². The van der Waals surface area contributed by atoms with E-state index in [0.29, 0.717) is 11.7 Å². The molecule has 1 aliphatic heterocycles. The molecule has 0 bridgehead atoms. The molecule has 2 rings (SSSR count). The van der Waals surface area contributed by atoms with Crippen LogP contribution in [-0.4, -0.2) is 31.4 Å². The zero-order chi connectivity index (χ0) is 14.4. The highest BCUT2D eigenvalue weighted by molar-refractivity contribution is 5.26. The number of ether oxygens (including phenoxy) is 1. The van der Waals surface area contributed by atoms with Gasteiger partial charge < -0.3 is 15.2 Å².